The van der Waals surface area contributed by atoms with Crippen molar-refractivity contribution in [3.8, 4) is 11.5 Å². The first-order valence-electron chi connectivity index (χ1n) is 5.93. The van der Waals surface area contributed by atoms with Gasteiger partial charge in [0.2, 0.25) is 5.89 Å². The van der Waals surface area contributed by atoms with Crippen molar-refractivity contribution >= 4 is 15.9 Å². The minimum absolute atomic E-state index is 0.225. The normalized spacial score (nSPS) is 13.0. The van der Waals surface area contributed by atoms with Gasteiger partial charge < -0.3 is 9.52 Å². The number of hydrogen-bond donors (Lipinski definition) is 1. The van der Waals surface area contributed by atoms with Crippen LogP contribution < -0.4 is 0 Å². The molecule has 18 heavy (non-hydrogen) atoms. The van der Waals surface area contributed by atoms with Gasteiger partial charge in [0.1, 0.15) is 6.10 Å². The van der Waals surface area contributed by atoms with Crippen LogP contribution in [0.2, 0.25) is 0 Å². The molecule has 0 amide bonds. The van der Waals surface area contributed by atoms with E-state index in [1.165, 1.54) is 0 Å². The standard InChI is InChI=1S/C14H16BrNO2/c1-8(2)12-13(9(3)17)18-14(16-12)10-4-6-11(15)7-5-10/h4-9,17H,1-3H3. The lowest BCUT2D eigenvalue weighted by molar-refractivity contribution is 0.168. The quantitative estimate of drug-likeness (QED) is 0.920. The largest absolute Gasteiger partial charge is 0.438 e. The monoisotopic (exact) mass is 309 g/mol. The van der Waals surface area contributed by atoms with Gasteiger partial charge >= 0.3 is 0 Å². The van der Waals surface area contributed by atoms with Gasteiger partial charge in [-0.2, -0.15) is 0 Å². The van der Waals surface area contributed by atoms with Gasteiger partial charge in [0, 0.05) is 10.0 Å². The number of rotatable bonds is 3. The summed E-state index contributed by atoms with van der Waals surface area (Å²) >= 11 is 3.39. The van der Waals surface area contributed by atoms with Crippen molar-refractivity contribution in [2.45, 2.75) is 32.8 Å². The molecule has 0 aliphatic heterocycles. The van der Waals surface area contributed by atoms with Gasteiger partial charge in [0.05, 0.1) is 5.69 Å². The van der Waals surface area contributed by atoms with Crippen molar-refractivity contribution in [3.63, 3.8) is 0 Å². The minimum Gasteiger partial charge on any atom is -0.438 e. The second-order valence-electron chi connectivity index (χ2n) is 4.61. The third-order valence-electron chi connectivity index (χ3n) is 2.70. The zero-order valence-electron chi connectivity index (χ0n) is 10.6. The number of aromatic nitrogens is 1. The molecule has 0 saturated heterocycles. The summed E-state index contributed by atoms with van der Waals surface area (Å²) in [6.45, 7) is 5.77. The van der Waals surface area contributed by atoms with Gasteiger partial charge in [0.15, 0.2) is 5.76 Å². The molecular formula is C14H16BrNO2. The maximum atomic E-state index is 9.72. The fraction of sp³-hybridized carbons (Fsp3) is 0.357. The Balaban J connectivity index is 2.46. The fourth-order valence-corrected chi connectivity index (χ4v) is 2.04. The van der Waals surface area contributed by atoms with Crippen molar-refractivity contribution < 1.29 is 9.52 Å². The van der Waals surface area contributed by atoms with Crippen LogP contribution in [0.1, 0.15) is 44.2 Å². The predicted molar refractivity (Wildman–Crippen MR) is 74.4 cm³/mol. The predicted octanol–water partition coefficient (Wildman–Crippen LogP) is 4.28. The van der Waals surface area contributed by atoms with Crippen LogP contribution in [0.5, 0.6) is 0 Å². The Morgan fingerprint density at radius 3 is 2.22 bits per heavy atom. The molecule has 1 N–H and O–H groups in total. The Kier molecular flexibility index (Phi) is 3.88. The van der Waals surface area contributed by atoms with E-state index in [1.54, 1.807) is 6.92 Å². The molecule has 96 valence electrons. The third-order valence-corrected chi connectivity index (χ3v) is 3.23. The maximum Gasteiger partial charge on any atom is 0.226 e. The summed E-state index contributed by atoms with van der Waals surface area (Å²) in [5.74, 6) is 1.34. The first-order valence-corrected chi connectivity index (χ1v) is 6.73. The maximum absolute atomic E-state index is 9.72. The first-order chi connectivity index (χ1) is 8.49. The van der Waals surface area contributed by atoms with Crippen molar-refractivity contribution in [3.05, 3.63) is 40.2 Å². The molecule has 0 saturated carbocycles. The topological polar surface area (TPSA) is 46.3 Å². The number of aliphatic hydroxyl groups is 1. The SMILES string of the molecule is CC(C)c1nc(-c2ccc(Br)cc2)oc1C(C)O. The molecule has 0 fully saturated rings. The molecule has 0 bridgehead atoms. The van der Waals surface area contributed by atoms with Gasteiger partial charge in [-0.1, -0.05) is 29.8 Å². The van der Waals surface area contributed by atoms with E-state index in [0.29, 0.717) is 11.7 Å². The van der Waals surface area contributed by atoms with Crippen LogP contribution in [-0.4, -0.2) is 10.1 Å². The summed E-state index contributed by atoms with van der Waals surface area (Å²) < 4.78 is 6.70. The molecule has 4 heteroatoms. The van der Waals surface area contributed by atoms with E-state index in [4.69, 9.17) is 4.42 Å². The lowest BCUT2D eigenvalue weighted by atomic mass is 10.1. The summed E-state index contributed by atoms with van der Waals surface area (Å²) in [7, 11) is 0. The Labute approximate surface area is 115 Å². The zero-order valence-corrected chi connectivity index (χ0v) is 12.2. The molecule has 2 aromatic rings. The highest BCUT2D eigenvalue weighted by Crippen LogP contribution is 2.30. The molecular weight excluding hydrogens is 294 g/mol. The van der Waals surface area contributed by atoms with E-state index in [9.17, 15) is 5.11 Å². The Morgan fingerprint density at radius 2 is 1.78 bits per heavy atom. The van der Waals surface area contributed by atoms with Crippen LogP contribution in [0, 0.1) is 0 Å². The molecule has 1 heterocycles. The Bertz CT molecular complexity index is 504. The van der Waals surface area contributed by atoms with Crippen molar-refractivity contribution in [1.82, 2.24) is 4.98 Å². The van der Waals surface area contributed by atoms with E-state index in [1.807, 2.05) is 38.1 Å². The van der Waals surface area contributed by atoms with Gasteiger partial charge in [-0.15, -0.1) is 0 Å². The van der Waals surface area contributed by atoms with Crippen molar-refractivity contribution in [1.29, 1.82) is 0 Å². The molecule has 0 spiro atoms. The average molecular weight is 310 g/mol. The highest BCUT2D eigenvalue weighted by atomic mass is 79.9. The summed E-state index contributed by atoms with van der Waals surface area (Å²) in [4.78, 5) is 4.49. The van der Waals surface area contributed by atoms with Crippen LogP contribution in [0.4, 0.5) is 0 Å². The number of halogens is 1. The van der Waals surface area contributed by atoms with E-state index < -0.39 is 6.10 Å². The van der Waals surface area contributed by atoms with Gasteiger partial charge in [-0.05, 0) is 37.1 Å². The van der Waals surface area contributed by atoms with E-state index in [0.717, 1.165) is 15.7 Å². The van der Waals surface area contributed by atoms with Gasteiger partial charge in [-0.3, -0.25) is 0 Å². The Hall–Kier alpha value is -1.13. The molecule has 0 aliphatic carbocycles. The van der Waals surface area contributed by atoms with E-state index in [2.05, 4.69) is 20.9 Å². The number of aliphatic hydroxyl groups excluding tert-OH is 1. The molecule has 2 rings (SSSR count). The number of benzene rings is 1. The smallest absolute Gasteiger partial charge is 0.226 e. The lowest BCUT2D eigenvalue weighted by Gasteiger charge is -2.04. The molecule has 1 aromatic carbocycles. The van der Waals surface area contributed by atoms with E-state index in [-0.39, 0.29) is 5.92 Å². The Morgan fingerprint density at radius 1 is 1.17 bits per heavy atom. The lowest BCUT2D eigenvalue weighted by Crippen LogP contribution is -1.97. The van der Waals surface area contributed by atoms with Gasteiger partial charge in [0.25, 0.3) is 0 Å². The van der Waals surface area contributed by atoms with Crippen molar-refractivity contribution in [2.75, 3.05) is 0 Å². The van der Waals surface area contributed by atoms with Crippen LogP contribution in [0.3, 0.4) is 0 Å². The van der Waals surface area contributed by atoms with Crippen molar-refractivity contribution in [2.24, 2.45) is 0 Å². The zero-order chi connectivity index (χ0) is 13.3. The van der Waals surface area contributed by atoms with Crippen LogP contribution in [-0.2, 0) is 0 Å². The first kappa shape index (κ1) is 13.3. The second kappa shape index (κ2) is 5.24. The van der Waals surface area contributed by atoms with Gasteiger partial charge in [-0.25, -0.2) is 4.98 Å². The number of nitrogens with zero attached hydrogens (tertiary/aromatic N) is 1. The van der Waals surface area contributed by atoms with Crippen LogP contribution >= 0.6 is 15.9 Å². The molecule has 3 nitrogen and oxygen atoms in total. The number of hydrogen-bond acceptors (Lipinski definition) is 3. The molecule has 0 aliphatic rings. The molecule has 1 aromatic heterocycles. The summed E-state index contributed by atoms with van der Waals surface area (Å²) in [6.07, 6.45) is -0.640. The second-order valence-corrected chi connectivity index (χ2v) is 5.52. The third kappa shape index (κ3) is 2.65. The highest BCUT2D eigenvalue weighted by Gasteiger charge is 2.20. The molecule has 1 unspecified atom stereocenters. The fourth-order valence-electron chi connectivity index (χ4n) is 1.77. The summed E-state index contributed by atoms with van der Waals surface area (Å²) in [5, 5.41) is 9.72. The highest BCUT2D eigenvalue weighted by molar-refractivity contribution is 9.10. The van der Waals surface area contributed by atoms with E-state index >= 15 is 0 Å². The number of oxazole rings is 1. The molecule has 1 atom stereocenters. The molecule has 0 radical (unpaired) electrons. The summed E-state index contributed by atoms with van der Waals surface area (Å²) in [6, 6.07) is 7.75. The van der Waals surface area contributed by atoms with Crippen LogP contribution in [0.25, 0.3) is 11.5 Å². The van der Waals surface area contributed by atoms with Crippen LogP contribution in [0.15, 0.2) is 33.2 Å². The average Bonchev–Trinajstić information content (AvgIpc) is 2.75. The minimum atomic E-state index is -0.640. The summed E-state index contributed by atoms with van der Waals surface area (Å²) in [5.41, 5.74) is 1.73.